The van der Waals surface area contributed by atoms with Crippen LogP contribution in [0.25, 0.3) is 11.4 Å². The topological polar surface area (TPSA) is 106 Å². The maximum absolute atomic E-state index is 14.8. The fraction of sp³-hybridized carbons (Fsp3) is 0.407. The van der Waals surface area contributed by atoms with Crippen molar-refractivity contribution in [1.82, 2.24) is 15.3 Å². The van der Waals surface area contributed by atoms with Crippen LogP contribution in [0.5, 0.6) is 0 Å². The van der Waals surface area contributed by atoms with E-state index in [4.69, 9.17) is 14.5 Å². The van der Waals surface area contributed by atoms with Gasteiger partial charge < -0.3 is 25.0 Å². The van der Waals surface area contributed by atoms with Gasteiger partial charge in [-0.3, -0.25) is 9.59 Å². The number of halogens is 1. The minimum Gasteiger partial charge on any atom is -0.373 e. The number of anilines is 2. The number of hydrogen-bond acceptors (Lipinski definition) is 8. The molecule has 2 N–H and O–H groups in total. The molecule has 0 unspecified atom stereocenters. The molecule has 5 rings (SSSR count). The molecule has 1 saturated heterocycles. The summed E-state index contributed by atoms with van der Waals surface area (Å²) < 4.78 is 25.9. The molecule has 1 aromatic carbocycles. The molecule has 0 aliphatic carbocycles. The number of pyridine rings is 1. The molecule has 2 aromatic heterocycles. The van der Waals surface area contributed by atoms with Crippen molar-refractivity contribution in [3.05, 3.63) is 58.5 Å². The third-order valence-corrected chi connectivity index (χ3v) is 7.22. The van der Waals surface area contributed by atoms with Crippen LogP contribution < -0.4 is 15.5 Å². The van der Waals surface area contributed by atoms with Crippen molar-refractivity contribution in [2.75, 3.05) is 36.5 Å². The Hall–Kier alpha value is -3.41. The molecule has 9 nitrogen and oxygen atoms in total. The van der Waals surface area contributed by atoms with Gasteiger partial charge >= 0.3 is 0 Å². The van der Waals surface area contributed by atoms with Gasteiger partial charge in [-0.05, 0) is 56.2 Å². The van der Waals surface area contributed by atoms with Crippen LogP contribution in [0.3, 0.4) is 0 Å². The highest BCUT2D eigenvalue weighted by Gasteiger charge is 2.33. The van der Waals surface area contributed by atoms with Gasteiger partial charge in [0, 0.05) is 24.0 Å². The zero-order valence-electron chi connectivity index (χ0n) is 21.5. The molecule has 0 saturated carbocycles. The number of carbonyl (C=O) groups is 2. The lowest BCUT2D eigenvalue weighted by Gasteiger charge is -2.36. The molecule has 2 amide bonds. The highest BCUT2D eigenvalue weighted by Crippen LogP contribution is 2.34. The summed E-state index contributed by atoms with van der Waals surface area (Å²) in [5, 5.41) is 7.53. The monoisotopic (exact) mass is 539 g/mol. The third-order valence-electron chi connectivity index (χ3n) is 6.46. The summed E-state index contributed by atoms with van der Waals surface area (Å²) in [5.41, 5.74) is 1.12. The van der Waals surface area contributed by atoms with Gasteiger partial charge in [0.05, 0.1) is 37.7 Å². The maximum atomic E-state index is 14.8. The Bertz CT molecular complexity index is 1340. The number of fused-ring (bicyclic) bond motifs is 1. The van der Waals surface area contributed by atoms with Crippen LogP contribution in [0.15, 0.2) is 41.8 Å². The smallest absolute Gasteiger partial charge is 0.251 e. The summed E-state index contributed by atoms with van der Waals surface area (Å²) in [4.78, 5) is 36.6. The minimum atomic E-state index is -1.67. The van der Waals surface area contributed by atoms with E-state index in [1.807, 2.05) is 37.4 Å². The number of carbonyl (C=O) groups excluding carboxylic acids is 2. The van der Waals surface area contributed by atoms with Crippen molar-refractivity contribution < 1.29 is 23.5 Å². The van der Waals surface area contributed by atoms with Crippen molar-refractivity contribution >= 4 is 34.1 Å². The Morgan fingerprint density at radius 1 is 1.16 bits per heavy atom. The molecule has 3 atom stereocenters. The summed E-state index contributed by atoms with van der Waals surface area (Å²) in [7, 11) is 0. The molecule has 11 heteroatoms. The van der Waals surface area contributed by atoms with Crippen LogP contribution in [0.4, 0.5) is 15.3 Å². The summed E-state index contributed by atoms with van der Waals surface area (Å²) in [6, 6.07) is 10.6. The van der Waals surface area contributed by atoms with Crippen LogP contribution in [0.1, 0.15) is 42.3 Å². The van der Waals surface area contributed by atoms with E-state index in [0.717, 1.165) is 18.9 Å². The van der Waals surface area contributed by atoms with Crippen LogP contribution in [0, 0.1) is 0 Å². The van der Waals surface area contributed by atoms with Crippen molar-refractivity contribution in [1.29, 1.82) is 0 Å². The van der Waals surface area contributed by atoms with Gasteiger partial charge in [0.2, 0.25) is 5.91 Å². The van der Waals surface area contributed by atoms with Crippen molar-refractivity contribution in [2.45, 2.75) is 45.3 Å². The Morgan fingerprint density at radius 2 is 1.95 bits per heavy atom. The molecule has 0 bridgehead atoms. The molecular weight excluding hydrogens is 509 g/mol. The van der Waals surface area contributed by atoms with Gasteiger partial charge in [0.25, 0.3) is 5.91 Å². The molecule has 4 heterocycles. The first-order valence-electron chi connectivity index (χ1n) is 12.5. The average Bonchev–Trinajstić information content (AvgIpc) is 3.35. The first kappa shape index (κ1) is 26.2. The number of aromatic nitrogens is 2. The van der Waals surface area contributed by atoms with E-state index in [9.17, 15) is 14.0 Å². The number of rotatable bonds is 6. The van der Waals surface area contributed by atoms with Gasteiger partial charge in [0.15, 0.2) is 10.8 Å². The predicted molar refractivity (Wildman–Crippen MR) is 143 cm³/mol. The first-order valence-corrected chi connectivity index (χ1v) is 13.4. The fourth-order valence-electron chi connectivity index (χ4n) is 4.74. The van der Waals surface area contributed by atoms with Gasteiger partial charge in [-0.25, -0.2) is 14.4 Å². The summed E-state index contributed by atoms with van der Waals surface area (Å²) in [5.74, 6) is -0.0228. The highest BCUT2D eigenvalue weighted by atomic mass is 32.1. The SMILES string of the molecule is C[C@@H]1CN(c2cccc(-c3csc(NC(=O)CNC(=O)c4ccc5c(c4)[C@@](C)(F)COC5)n3)n2)C[C@H](C)O1. The Morgan fingerprint density at radius 3 is 2.74 bits per heavy atom. The number of thiazole rings is 1. The summed E-state index contributed by atoms with van der Waals surface area (Å²) >= 11 is 1.28. The fourth-order valence-corrected chi connectivity index (χ4v) is 5.46. The normalized spacial score (nSPS) is 23.0. The Balaban J connectivity index is 1.18. The second kappa shape index (κ2) is 10.8. The van der Waals surface area contributed by atoms with E-state index in [-0.39, 0.29) is 30.9 Å². The molecule has 0 spiro atoms. The number of ether oxygens (including phenoxy) is 2. The van der Waals surface area contributed by atoms with Crippen LogP contribution in [0.2, 0.25) is 0 Å². The largest absolute Gasteiger partial charge is 0.373 e. The van der Waals surface area contributed by atoms with Crippen LogP contribution in [-0.4, -0.2) is 60.2 Å². The predicted octanol–water partition coefficient (Wildman–Crippen LogP) is 3.90. The quantitative estimate of drug-likeness (QED) is 0.489. The molecule has 1 fully saturated rings. The minimum absolute atomic E-state index is 0.0608. The zero-order valence-corrected chi connectivity index (χ0v) is 22.3. The lowest BCUT2D eigenvalue weighted by Crippen LogP contribution is -2.45. The van der Waals surface area contributed by atoms with Crippen LogP contribution >= 0.6 is 11.3 Å². The summed E-state index contributed by atoms with van der Waals surface area (Å²) in [6.45, 7) is 7.04. The number of alkyl halides is 1. The molecule has 2 aliphatic heterocycles. The number of morpholine rings is 1. The first-order chi connectivity index (χ1) is 18.2. The molecule has 2 aliphatic rings. The van der Waals surface area contributed by atoms with E-state index < -0.39 is 17.5 Å². The van der Waals surface area contributed by atoms with E-state index in [0.29, 0.717) is 34.3 Å². The molecule has 0 radical (unpaired) electrons. The highest BCUT2D eigenvalue weighted by molar-refractivity contribution is 7.14. The van der Waals surface area contributed by atoms with Gasteiger partial charge in [-0.15, -0.1) is 11.3 Å². The standard InChI is InChI=1S/C27H30FN5O4S/c1-16-11-33(12-17(2)37-16)23-6-4-5-21(30-23)22-14-38-26(31-22)32-24(34)10-29-25(35)18-7-8-19-13-36-15-27(3,28)20(19)9-18/h4-9,14,16-17H,10-13,15H2,1-3H3,(H,29,35)(H,31,32,34)/t16-,17+,27-/m0/s1. The third kappa shape index (κ3) is 5.85. The number of hydrogen-bond donors (Lipinski definition) is 2. The molecule has 38 heavy (non-hydrogen) atoms. The van der Waals surface area contributed by atoms with Gasteiger partial charge in [0.1, 0.15) is 11.5 Å². The zero-order chi connectivity index (χ0) is 26.9. The summed E-state index contributed by atoms with van der Waals surface area (Å²) in [6.07, 6.45) is 0.244. The van der Waals surface area contributed by atoms with Crippen molar-refractivity contribution in [3.63, 3.8) is 0 Å². The molecule has 200 valence electrons. The van der Waals surface area contributed by atoms with Crippen molar-refractivity contribution in [2.24, 2.45) is 0 Å². The van der Waals surface area contributed by atoms with E-state index >= 15 is 0 Å². The second-order valence-corrected chi connectivity index (χ2v) is 10.7. The van der Waals surface area contributed by atoms with E-state index in [2.05, 4.69) is 20.5 Å². The Kier molecular flexibility index (Phi) is 7.42. The average molecular weight is 540 g/mol. The molecule has 3 aromatic rings. The number of benzene rings is 1. The Labute approximate surface area is 224 Å². The maximum Gasteiger partial charge on any atom is 0.251 e. The number of amides is 2. The van der Waals surface area contributed by atoms with E-state index in [1.54, 1.807) is 12.1 Å². The molecular formula is C27H30FN5O4S. The second-order valence-electron chi connectivity index (χ2n) is 9.87. The van der Waals surface area contributed by atoms with E-state index in [1.165, 1.54) is 24.3 Å². The number of nitrogens with zero attached hydrogens (tertiary/aromatic N) is 3. The van der Waals surface area contributed by atoms with Crippen molar-refractivity contribution in [3.8, 4) is 11.4 Å². The van der Waals surface area contributed by atoms with Crippen LogP contribution in [-0.2, 0) is 26.5 Å². The lowest BCUT2D eigenvalue weighted by molar-refractivity contribution is -0.115. The van der Waals surface area contributed by atoms with Gasteiger partial charge in [-0.2, -0.15) is 0 Å². The lowest BCUT2D eigenvalue weighted by atomic mass is 9.90. The number of nitrogens with one attached hydrogen (secondary N) is 2. The van der Waals surface area contributed by atoms with Gasteiger partial charge in [-0.1, -0.05) is 12.1 Å².